The van der Waals surface area contributed by atoms with Crippen molar-refractivity contribution >= 4 is 64.5 Å². The third-order valence-electron chi connectivity index (χ3n) is 1.47. The highest BCUT2D eigenvalue weighted by atomic mass is 35.6. The molecule has 0 radical (unpaired) electrons. The lowest BCUT2D eigenvalue weighted by Gasteiger charge is -2.12. The first-order chi connectivity index (χ1) is 6.32. The third-order valence-corrected chi connectivity index (χ3v) is 2.60. The van der Waals surface area contributed by atoms with Gasteiger partial charge in [0.1, 0.15) is 0 Å². The maximum absolute atomic E-state index is 10.7. The molecule has 1 aromatic rings. The van der Waals surface area contributed by atoms with Gasteiger partial charge in [-0.3, -0.25) is 0 Å². The Bertz CT molecular complexity index is 376. The van der Waals surface area contributed by atoms with Crippen LogP contribution in [0, 0.1) is 5.21 Å². The van der Waals surface area contributed by atoms with E-state index in [1.54, 1.807) is 0 Å². The first kappa shape index (κ1) is 12.3. The lowest BCUT2D eigenvalue weighted by molar-refractivity contribution is -0.325. The molecule has 1 aromatic carbocycles. The molecule has 0 aromatic heterocycles. The summed E-state index contributed by atoms with van der Waals surface area (Å²) in [6.07, 6.45) is 0. The lowest BCUT2D eigenvalue weighted by atomic mass is 10.2. The van der Waals surface area contributed by atoms with E-state index in [4.69, 9.17) is 46.4 Å². The van der Waals surface area contributed by atoms with Crippen LogP contribution < -0.4 is 0 Å². The number of rotatable bonds is 1. The van der Waals surface area contributed by atoms with E-state index in [1.165, 1.54) is 18.2 Å². The standard InChI is InChI=1S/C7H3Cl4NOS/c8-6-3-4(12(13)14)1-2-5(6)7(9,10)11/h1-3H. The number of hydrogen-bond acceptors (Lipinski definition) is 2. The first-order valence-electron chi connectivity index (χ1n) is 3.33. The summed E-state index contributed by atoms with van der Waals surface area (Å²) in [6, 6.07) is 4.23. The summed E-state index contributed by atoms with van der Waals surface area (Å²) in [6.45, 7) is 0. The van der Waals surface area contributed by atoms with Gasteiger partial charge in [-0.15, -0.1) is 0 Å². The van der Waals surface area contributed by atoms with Crippen LogP contribution in [0.15, 0.2) is 18.2 Å². The van der Waals surface area contributed by atoms with Gasteiger partial charge in [0.05, 0.1) is 5.02 Å². The van der Waals surface area contributed by atoms with Crippen molar-refractivity contribution in [1.82, 2.24) is 0 Å². The zero-order chi connectivity index (χ0) is 10.9. The number of hydrogen-bond donors (Lipinski definition) is 0. The zero-order valence-electron chi connectivity index (χ0n) is 6.51. The molecule has 0 saturated carbocycles. The van der Waals surface area contributed by atoms with Gasteiger partial charge in [-0.25, -0.2) is 0 Å². The molecule has 76 valence electrons. The number of alkyl halides is 3. The molecule has 0 saturated heterocycles. The molecule has 0 unspecified atom stereocenters. The molecule has 0 fully saturated rings. The SMILES string of the molecule is [O-][N+](=S)c1ccc(C(Cl)(Cl)Cl)c(Cl)c1. The van der Waals surface area contributed by atoms with Crippen LogP contribution in [-0.2, 0) is 16.2 Å². The van der Waals surface area contributed by atoms with Crippen LogP contribution >= 0.6 is 46.4 Å². The molecule has 1 rings (SSSR count). The van der Waals surface area contributed by atoms with Gasteiger partial charge in [-0.05, 0) is 6.07 Å². The van der Waals surface area contributed by atoms with Crippen molar-refractivity contribution in [1.29, 1.82) is 0 Å². The largest absolute Gasteiger partial charge is 0.605 e. The summed E-state index contributed by atoms with van der Waals surface area (Å²) >= 11 is 27.0. The Hall–Kier alpha value is 0.200. The second kappa shape index (κ2) is 4.37. The van der Waals surface area contributed by atoms with Crippen molar-refractivity contribution in [3.63, 3.8) is 0 Å². The molecule has 0 aliphatic heterocycles. The van der Waals surface area contributed by atoms with E-state index < -0.39 is 3.79 Å². The minimum Gasteiger partial charge on any atom is -0.605 e. The van der Waals surface area contributed by atoms with E-state index in [2.05, 4.69) is 12.4 Å². The molecule has 0 aliphatic carbocycles. The van der Waals surface area contributed by atoms with Crippen LogP contribution in [0.1, 0.15) is 5.56 Å². The summed E-state index contributed by atoms with van der Waals surface area (Å²) in [5.74, 6) is 0. The lowest BCUT2D eigenvalue weighted by Crippen LogP contribution is -2.01. The molecule has 0 aliphatic rings. The van der Waals surface area contributed by atoms with E-state index in [0.717, 1.165) is 0 Å². The van der Waals surface area contributed by atoms with E-state index >= 15 is 0 Å². The summed E-state index contributed by atoms with van der Waals surface area (Å²) in [5.41, 5.74) is 0.535. The van der Waals surface area contributed by atoms with Crippen molar-refractivity contribution in [2.45, 2.75) is 3.79 Å². The average Bonchev–Trinajstić information content (AvgIpc) is 2.01. The molecule has 0 bridgehead atoms. The number of benzene rings is 1. The van der Waals surface area contributed by atoms with Gasteiger partial charge in [0.15, 0.2) is 0 Å². The summed E-state index contributed by atoms with van der Waals surface area (Å²) < 4.78 is -1.35. The van der Waals surface area contributed by atoms with Gasteiger partial charge in [0.2, 0.25) is 9.48 Å². The second-order valence-electron chi connectivity index (χ2n) is 2.42. The van der Waals surface area contributed by atoms with Gasteiger partial charge in [-0.2, -0.15) is 0 Å². The average molecular weight is 291 g/mol. The molecular formula is C7H3Cl4NOS. The van der Waals surface area contributed by atoms with E-state index in [0.29, 0.717) is 5.56 Å². The van der Waals surface area contributed by atoms with Gasteiger partial charge < -0.3 is 5.21 Å². The Balaban J connectivity index is 3.21. The highest BCUT2D eigenvalue weighted by molar-refractivity contribution is 7.44. The van der Waals surface area contributed by atoms with Crippen molar-refractivity contribution in [3.8, 4) is 0 Å². The van der Waals surface area contributed by atoms with Gasteiger partial charge >= 0.3 is 0 Å². The third kappa shape index (κ3) is 2.84. The minimum absolute atomic E-state index is 0.188. The fourth-order valence-corrected chi connectivity index (χ4v) is 1.92. The van der Waals surface area contributed by atoms with Crippen LogP contribution in [0.25, 0.3) is 0 Å². The molecule has 0 atom stereocenters. The molecule has 7 heteroatoms. The van der Waals surface area contributed by atoms with Crippen LogP contribution in [-0.4, -0.2) is 4.11 Å². The van der Waals surface area contributed by atoms with Crippen LogP contribution in [0.5, 0.6) is 0 Å². The normalized spacial score (nSPS) is 11.4. The Morgan fingerprint density at radius 2 is 1.86 bits per heavy atom. The molecule has 0 N–H and O–H groups in total. The molecule has 0 spiro atoms. The summed E-state index contributed by atoms with van der Waals surface area (Å²) in [5, 5.41) is 10.9. The first-order valence-corrected chi connectivity index (χ1v) is 5.21. The summed E-state index contributed by atoms with van der Waals surface area (Å²) in [4.78, 5) is 0. The Morgan fingerprint density at radius 1 is 1.29 bits per heavy atom. The fourth-order valence-electron chi connectivity index (χ4n) is 0.847. The van der Waals surface area contributed by atoms with E-state index in [-0.39, 0.29) is 14.8 Å². The molecular weight excluding hydrogens is 288 g/mol. The molecule has 2 nitrogen and oxygen atoms in total. The monoisotopic (exact) mass is 289 g/mol. The smallest absolute Gasteiger partial charge is 0.284 e. The van der Waals surface area contributed by atoms with Crippen LogP contribution in [0.4, 0.5) is 5.69 Å². The minimum atomic E-state index is -1.61. The Kier molecular flexibility index (Phi) is 3.83. The highest BCUT2D eigenvalue weighted by Gasteiger charge is 2.26. The van der Waals surface area contributed by atoms with E-state index in [1.807, 2.05) is 0 Å². The second-order valence-corrected chi connectivity index (χ2v) is 5.44. The predicted molar refractivity (Wildman–Crippen MR) is 61.3 cm³/mol. The zero-order valence-corrected chi connectivity index (χ0v) is 10.3. The van der Waals surface area contributed by atoms with Crippen molar-refractivity contribution in [2.75, 3.05) is 0 Å². The topological polar surface area (TPSA) is 26.1 Å². The molecule has 0 amide bonds. The van der Waals surface area contributed by atoms with E-state index in [9.17, 15) is 5.21 Å². The maximum atomic E-state index is 10.7. The molecule has 0 heterocycles. The van der Waals surface area contributed by atoms with Gasteiger partial charge in [-0.1, -0.05) is 50.5 Å². The molecule has 14 heavy (non-hydrogen) atoms. The van der Waals surface area contributed by atoms with Crippen molar-refractivity contribution in [3.05, 3.63) is 34.0 Å². The number of halogens is 4. The fraction of sp³-hybridized carbons (Fsp3) is 0.143. The quantitative estimate of drug-likeness (QED) is 0.443. The Labute approximate surface area is 106 Å². The predicted octanol–water partition coefficient (Wildman–Crippen LogP) is 4.04. The van der Waals surface area contributed by atoms with Crippen molar-refractivity contribution in [2.24, 2.45) is 0 Å². The van der Waals surface area contributed by atoms with Crippen LogP contribution in [0.3, 0.4) is 0 Å². The summed E-state index contributed by atoms with van der Waals surface area (Å²) in [7, 11) is 0. The van der Waals surface area contributed by atoms with Crippen LogP contribution in [0.2, 0.25) is 5.02 Å². The van der Waals surface area contributed by atoms with Crippen molar-refractivity contribution < 1.29 is 4.11 Å². The highest BCUT2D eigenvalue weighted by Crippen LogP contribution is 2.42. The van der Waals surface area contributed by atoms with Gasteiger partial charge in [0.25, 0.3) is 12.4 Å². The number of nitrogens with zero attached hydrogens (tertiary/aromatic N) is 1. The van der Waals surface area contributed by atoms with Gasteiger partial charge in [0, 0.05) is 17.7 Å². The Morgan fingerprint density at radius 3 is 2.21 bits per heavy atom. The maximum Gasteiger partial charge on any atom is 0.284 e.